The SMILES string of the molecule is C=CCON=C(C(=O)NC1C(=O)N2C(C(=O)O)=C(CS/C=C/c3ccccn3)CS[C@@H]12)c1nsc(N)n1. The van der Waals surface area contributed by atoms with Crippen molar-refractivity contribution in [2.75, 3.05) is 23.8 Å². The number of anilines is 1. The number of carboxylic acids is 1. The topological polar surface area (TPSA) is 173 Å². The number of carbonyl (C=O) groups excluding carboxylic acids is 2. The molecule has 1 unspecified atom stereocenters. The van der Waals surface area contributed by atoms with Gasteiger partial charge in [-0.25, -0.2) is 4.79 Å². The lowest BCUT2D eigenvalue weighted by molar-refractivity contribution is -0.150. The van der Waals surface area contributed by atoms with Gasteiger partial charge in [-0.1, -0.05) is 23.9 Å². The molecule has 1 fully saturated rings. The molecule has 0 bridgehead atoms. The number of nitrogens with two attached hydrogens (primary N) is 1. The van der Waals surface area contributed by atoms with Gasteiger partial charge >= 0.3 is 5.97 Å². The molecule has 192 valence electrons. The summed E-state index contributed by atoms with van der Waals surface area (Å²) in [6.45, 7) is 3.55. The summed E-state index contributed by atoms with van der Waals surface area (Å²) in [4.78, 5) is 52.4. The lowest BCUT2D eigenvalue weighted by Crippen LogP contribution is -2.71. The summed E-state index contributed by atoms with van der Waals surface area (Å²) in [5.74, 6) is -1.75. The first-order valence-corrected chi connectivity index (χ1v) is 13.6. The van der Waals surface area contributed by atoms with Gasteiger partial charge in [0.1, 0.15) is 23.7 Å². The molecule has 37 heavy (non-hydrogen) atoms. The molecule has 4 rings (SSSR count). The van der Waals surface area contributed by atoms with Crippen molar-refractivity contribution in [2.24, 2.45) is 5.16 Å². The Morgan fingerprint density at radius 2 is 2.27 bits per heavy atom. The molecule has 2 aliphatic rings. The molecule has 0 radical (unpaired) electrons. The number of rotatable bonds is 11. The van der Waals surface area contributed by atoms with Crippen molar-refractivity contribution in [3.8, 4) is 0 Å². The van der Waals surface area contributed by atoms with E-state index >= 15 is 0 Å². The number of carbonyl (C=O) groups is 3. The number of hydrogen-bond donors (Lipinski definition) is 3. The third-order valence-corrected chi connectivity index (χ3v) is 7.76. The summed E-state index contributed by atoms with van der Waals surface area (Å²) < 4.78 is 3.98. The molecule has 15 heteroatoms. The maximum Gasteiger partial charge on any atom is 0.352 e. The average molecular weight is 560 g/mol. The summed E-state index contributed by atoms with van der Waals surface area (Å²) in [6, 6.07) is 4.59. The summed E-state index contributed by atoms with van der Waals surface area (Å²) in [7, 11) is 0. The number of oxime groups is 1. The predicted molar refractivity (Wildman–Crippen MR) is 142 cm³/mol. The Morgan fingerprint density at radius 3 is 2.95 bits per heavy atom. The number of β-lactam (4-membered cyclic amide) rings is 1. The van der Waals surface area contributed by atoms with E-state index in [1.807, 2.05) is 29.7 Å². The van der Waals surface area contributed by atoms with Crippen LogP contribution in [0.15, 0.2) is 58.9 Å². The molecular formula is C22H21N7O5S3. The van der Waals surface area contributed by atoms with Gasteiger partial charge in [-0.2, -0.15) is 9.36 Å². The number of nitrogen functional groups attached to an aromatic ring is 1. The van der Waals surface area contributed by atoms with E-state index in [2.05, 4.69) is 31.4 Å². The van der Waals surface area contributed by atoms with E-state index in [1.54, 1.807) is 6.20 Å². The van der Waals surface area contributed by atoms with Crippen molar-refractivity contribution in [2.45, 2.75) is 11.4 Å². The number of aromatic nitrogens is 3. The normalized spacial score (nSPS) is 19.4. The number of nitrogens with zero attached hydrogens (tertiary/aromatic N) is 5. The van der Waals surface area contributed by atoms with E-state index < -0.39 is 29.2 Å². The highest BCUT2D eigenvalue weighted by Gasteiger charge is 2.54. The van der Waals surface area contributed by atoms with Gasteiger partial charge in [0.05, 0.1) is 5.69 Å². The van der Waals surface area contributed by atoms with Crippen molar-refractivity contribution in [3.05, 3.63) is 65.2 Å². The van der Waals surface area contributed by atoms with Gasteiger partial charge in [0, 0.05) is 29.2 Å². The van der Waals surface area contributed by atoms with Gasteiger partial charge in [0.2, 0.25) is 11.5 Å². The Labute approximate surface area is 223 Å². The fourth-order valence-electron chi connectivity index (χ4n) is 3.41. The molecule has 0 spiro atoms. The van der Waals surface area contributed by atoms with E-state index in [4.69, 9.17) is 10.6 Å². The van der Waals surface area contributed by atoms with Gasteiger partial charge in [0.25, 0.3) is 11.8 Å². The van der Waals surface area contributed by atoms with E-state index in [0.29, 0.717) is 17.1 Å². The Bertz CT molecular complexity index is 1290. The van der Waals surface area contributed by atoms with Crippen LogP contribution >= 0.6 is 35.1 Å². The van der Waals surface area contributed by atoms with Gasteiger partial charge in [-0.3, -0.25) is 19.5 Å². The minimum atomic E-state index is -1.20. The van der Waals surface area contributed by atoms with Gasteiger partial charge in [0.15, 0.2) is 5.13 Å². The number of nitrogens with one attached hydrogen (secondary N) is 1. The molecule has 0 saturated carbocycles. The van der Waals surface area contributed by atoms with Crippen LogP contribution in [0.5, 0.6) is 0 Å². The number of fused-ring (bicyclic) bond motifs is 1. The zero-order valence-corrected chi connectivity index (χ0v) is 21.6. The van der Waals surface area contributed by atoms with Gasteiger partial charge < -0.3 is 21.0 Å². The van der Waals surface area contributed by atoms with Crippen LogP contribution in [0.4, 0.5) is 5.13 Å². The van der Waals surface area contributed by atoms with Crippen LogP contribution in [0.2, 0.25) is 0 Å². The van der Waals surface area contributed by atoms with Gasteiger partial charge in [-0.15, -0.1) is 23.5 Å². The van der Waals surface area contributed by atoms with Crippen molar-refractivity contribution in [1.82, 2.24) is 24.6 Å². The van der Waals surface area contributed by atoms with Crippen molar-refractivity contribution < 1.29 is 24.3 Å². The molecule has 2 amide bonds. The van der Waals surface area contributed by atoms with Crippen LogP contribution in [-0.4, -0.2) is 77.4 Å². The number of amides is 2. The molecule has 2 aliphatic heterocycles. The van der Waals surface area contributed by atoms with Crippen molar-refractivity contribution in [3.63, 3.8) is 0 Å². The smallest absolute Gasteiger partial charge is 0.352 e. The lowest BCUT2D eigenvalue weighted by atomic mass is 10.0. The molecule has 0 aliphatic carbocycles. The molecule has 12 nitrogen and oxygen atoms in total. The highest BCUT2D eigenvalue weighted by atomic mass is 32.2. The number of carboxylic acid groups (broad SMARTS) is 1. The zero-order valence-electron chi connectivity index (χ0n) is 19.1. The van der Waals surface area contributed by atoms with Crippen LogP contribution in [0, 0.1) is 0 Å². The molecule has 2 aromatic rings. The second-order valence-corrected chi connectivity index (χ2v) is 10.2. The quantitative estimate of drug-likeness (QED) is 0.120. The van der Waals surface area contributed by atoms with Crippen LogP contribution < -0.4 is 11.1 Å². The molecule has 4 heterocycles. The van der Waals surface area contributed by atoms with Crippen molar-refractivity contribution >= 4 is 69.8 Å². The molecule has 2 atom stereocenters. The predicted octanol–water partition coefficient (Wildman–Crippen LogP) is 1.56. The standard InChI is InChI=1S/C22H21N7O5S3/c1-2-8-34-27-14(17-26-22(23)37-28-17)18(30)25-15-19(31)29-16(21(32)33)12(11-36-20(15)29)10-35-9-6-13-5-3-4-7-24-13/h2-7,9,15,20H,1,8,10-11H2,(H,25,30)(H,32,33)(H2,23,26,28)/b9-6+,27-14?/t15?,20-/m0/s1. The summed E-state index contributed by atoms with van der Waals surface area (Å²) in [5.41, 5.74) is 6.70. The fourth-order valence-corrected chi connectivity index (χ4v) is 6.10. The second-order valence-electron chi connectivity index (χ2n) is 7.47. The monoisotopic (exact) mass is 559 g/mol. The maximum absolute atomic E-state index is 13.0. The largest absolute Gasteiger partial charge is 0.477 e. The third kappa shape index (κ3) is 6.00. The Balaban J connectivity index is 1.45. The number of hydrogen-bond acceptors (Lipinski definition) is 12. The molecule has 1 saturated heterocycles. The second kappa shape index (κ2) is 12.0. The summed E-state index contributed by atoms with van der Waals surface area (Å²) in [5, 5.41) is 17.6. The van der Waals surface area contributed by atoms with Crippen LogP contribution in [0.25, 0.3) is 6.08 Å². The van der Waals surface area contributed by atoms with E-state index in [1.165, 1.54) is 34.5 Å². The minimum Gasteiger partial charge on any atom is -0.477 e. The van der Waals surface area contributed by atoms with Gasteiger partial charge in [-0.05, 0) is 29.2 Å². The Hall–Kier alpha value is -3.69. The first kappa shape index (κ1) is 26.4. The van der Waals surface area contributed by atoms with Crippen molar-refractivity contribution in [1.29, 1.82) is 0 Å². The summed E-state index contributed by atoms with van der Waals surface area (Å²) in [6.07, 6.45) is 4.95. The highest BCUT2D eigenvalue weighted by molar-refractivity contribution is 8.02. The fraction of sp³-hybridized carbons (Fsp3) is 0.227. The Kier molecular flexibility index (Phi) is 8.58. The first-order valence-electron chi connectivity index (χ1n) is 10.7. The number of aliphatic carboxylic acids is 1. The number of thioether (sulfide) groups is 2. The third-order valence-electron chi connectivity index (χ3n) is 5.03. The number of pyridine rings is 1. The molecule has 4 N–H and O–H groups in total. The lowest BCUT2D eigenvalue weighted by Gasteiger charge is -2.49. The van der Waals surface area contributed by atoms with E-state index in [-0.39, 0.29) is 29.0 Å². The minimum absolute atomic E-state index is 0.0373. The zero-order chi connectivity index (χ0) is 26.4. The van der Waals surface area contributed by atoms with Crippen LogP contribution in [0.3, 0.4) is 0 Å². The molecule has 2 aromatic heterocycles. The maximum atomic E-state index is 13.0. The first-order chi connectivity index (χ1) is 17.9. The highest BCUT2D eigenvalue weighted by Crippen LogP contribution is 2.41. The van der Waals surface area contributed by atoms with E-state index in [9.17, 15) is 19.5 Å². The molecule has 0 aromatic carbocycles. The Morgan fingerprint density at radius 1 is 1.43 bits per heavy atom. The summed E-state index contributed by atoms with van der Waals surface area (Å²) >= 11 is 3.65. The van der Waals surface area contributed by atoms with E-state index in [0.717, 1.165) is 17.2 Å². The van der Waals surface area contributed by atoms with Crippen LogP contribution in [-0.2, 0) is 19.2 Å². The molecular weight excluding hydrogens is 538 g/mol. The average Bonchev–Trinajstić information content (AvgIpc) is 3.33. The van der Waals surface area contributed by atoms with Crippen LogP contribution in [0.1, 0.15) is 11.5 Å².